The van der Waals surface area contributed by atoms with Crippen LogP contribution in [0.3, 0.4) is 0 Å². The number of morpholine rings is 1. The summed E-state index contributed by atoms with van der Waals surface area (Å²) in [6.45, 7) is 5.64. The van der Waals surface area contributed by atoms with Crippen LogP contribution in [0, 0.1) is 10.1 Å². The second-order valence-electron chi connectivity index (χ2n) is 5.42. The van der Waals surface area contributed by atoms with Crippen molar-refractivity contribution in [1.82, 2.24) is 4.90 Å². The lowest BCUT2D eigenvalue weighted by molar-refractivity contribution is -0.384. The van der Waals surface area contributed by atoms with E-state index in [4.69, 9.17) is 4.74 Å². The third kappa shape index (κ3) is 4.49. The minimum Gasteiger partial charge on any atom is -0.373 e. The van der Waals surface area contributed by atoms with E-state index in [0.717, 1.165) is 0 Å². The van der Waals surface area contributed by atoms with Crippen LogP contribution >= 0.6 is 15.9 Å². The molecule has 0 aromatic heterocycles. The molecule has 1 fully saturated rings. The van der Waals surface area contributed by atoms with Crippen molar-refractivity contribution in [3.8, 4) is 0 Å². The minimum absolute atomic E-state index is 0.0271. The van der Waals surface area contributed by atoms with Crippen LogP contribution in [-0.4, -0.2) is 47.6 Å². The lowest BCUT2D eigenvalue weighted by atomic mass is 10.2. The molecule has 0 saturated carbocycles. The van der Waals surface area contributed by atoms with Gasteiger partial charge in [-0.15, -0.1) is 0 Å². The fourth-order valence-corrected chi connectivity index (χ4v) is 2.99. The fourth-order valence-electron chi connectivity index (χ4n) is 2.53. The van der Waals surface area contributed by atoms with Gasteiger partial charge in [0.05, 0.1) is 29.4 Å². The van der Waals surface area contributed by atoms with Crippen molar-refractivity contribution in [2.75, 3.05) is 25.0 Å². The molecule has 1 aliphatic rings. The molecule has 1 saturated heterocycles. The third-order valence-electron chi connectivity index (χ3n) is 3.30. The summed E-state index contributed by atoms with van der Waals surface area (Å²) in [5.41, 5.74) is 0.491. The van der Waals surface area contributed by atoms with Crippen LogP contribution in [0.15, 0.2) is 22.7 Å². The normalized spacial score (nSPS) is 22.3. The van der Waals surface area contributed by atoms with Crippen LogP contribution in [-0.2, 0) is 9.53 Å². The van der Waals surface area contributed by atoms with E-state index in [1.165, 1.54) is 18.2 Å². The highest BCUT2D eigenvalue weighted by Gasteiger charge is 2.24. The molecule has 0 unspecified atom stereocenters. The molecule has 1 heterocycles. The zero-order valence-corrected chi connectivity index (χ0v) is 14.0. The molecule has 22 heavy (non-hydrogen) atoms. The highest BCUT2D eigenvalue weighted by molar-refractivity contribution is 9.10. The van der Waals surface area contributed by atoms with E-state index in [1.54, 1.807) is 0 Å². The number of rotatable bonds is 4. The Labute approximate surface area is 136 Å². The van der Waals surface area contributed by atoms with E-state index in [1.807, 2.05) is 18.7 Å². The molecule has 0 bridgehead atoms. The SMILES string of the molecule is C[C@@H]1CN(CC(=O)Nc2ccc([N+](=O)[O-])cc2Br)C[C@H](C)O1. The Kier molecular flexibility index (Phi) is 5.49. The second kappa shape index (κ2) is 7.17. The first kappa shape index (κ1) is 16.9. The molecular formula is C14H18BrN3O4. The quantitative estimate of drug-likeness (QED) is 0.648. The maximum atomic E-state index is 12.1. The van der Waals surface area contributed by atoms with Crippen molar-refractivity contribution in [1.29, 1.82) is 0 Å². The zero-order valence-electron chi connectivity index (χ0n) is 12.4. The summed E-state index contributed by atoms with van der Waals surface area (Å²) >= 11 is 3.24. The van der Waals surface area contributed by atoms with Crippen molar-refractivity contribution >= 4 is 33.2 Å². The highest BCUT2D eigenvalue weighted by Crippen LogP contribution is 2.27. The Balaban J connectivity index is 1.96. The topological polar surface area (TPSA) is 84.7 Å². The van der Waals surface area contributed by atoms with Gasteiger partial charge in [0.1, 0.15) is 0 Å². The summed E-state index contributed by atoms with van der Waals surface area (Å²) in [6, 6.07) is 4.25. The van der Waals surface area contributed by atoms with Gasteiger partial charge in [-0.1, -0.05) is 0 Å². The lowest BCUT2D eigenvalue weighted by Crippen LogP contribution is -2.48. The average Bonchev–Trinajstić information content (AvgIpc) is 2.39. The molecule has 0 aliphatic carbocycles. The molecule has 1 aliphatic heterocycles. The van der Waals surface area contributed by atoms with Crippen LogP contribution in [0.5, 0.6) is 0 Å². The Morgan fingerprint density at radius 2 is 2.09 bits per heavy atom. The van der Waals surface area contributed by atoms with Gasteiger partial charge >= 0.3 is 0 Å². The second-order valence-corrected chi connectivity index (χ2v) is 6.28. The van der Waals surface area contributed by atoms with Crippen LogP contribution in [0.25, 0.3) is 0 Å². The number of carbonyl (C=O) groups is 1. The number of anilines is 1. The largest absolute Gasteiger partial charge is 0.373 e. The number of hydrogen-bond donors (Lipinski definition) is 1. The smallest absolute Gasteiger partial charge is 0.270 e. The molecule has 1 amide bonds. The standard InChI is InChI=1S/C14H18BrN3O4/c1-9-6-17(7-10(2)22-9)8-14(19)16-13-4-3-11(18(20)21)5-12(13)15/h3-5,9-10H,6-8H2,1-2H3,(H,16,19)/t9-,10+. The van der Waals surface area contributed by atoms with Crippen molar-refractivity contribution in [2.24, 2.45) is 0 Å². The predicted molar refractivity (Wildman–Crippen MR) is 85.9 cm³/mol. The van der Waals surface area contributed by atoms with E-state index < -0.39 is 4.92 Å². The molecule has 1 N–H and O–H groups in total. The van der Waals surface area contributed by atoms with Crippen LogP contribution < -0.4 is 5.32 Å². The lowest BCUT2D eigenvalue weighted by Gasteiger charge is -2.34. The van der Waals surface area contributed by atoms with Gasteiger partial charge in [0.2, 0.25) is 5.91 Å². The van der Waals surface area contributed by atoms with Crippen LogP contribution in [0.2, 0.25) is 0 Å². The van der Waals surface area contributed by atoms with Gasteiger partial charge < -0.3 is 10.1 Å². The zero-order chi connectivity index (χ0) is 16.3. The number of nitrogens with one attached hydrogen (secondary N) is 1. The average molecular weight is 372 g/mol. The summed E-state index contributed by atoms with van der Waals surface area (Å²) in [5, 5.41) is 13.5. The third-order valence-corrected chi connectivity index (χ3v) is 3.96. The molecule has 7 nitrogen and oxygen atoms in total. The summed E-state index contributed by atoms with van der Waals surface area (Å²) < 4.78 is 6.11. The first-order chi connectivity index (χ1) is 10.3. The molecule has 1 aromatic carbocycles. The van der Waals surface area contributed by atoms with Crippen LogP contribution in [0.1, 0.15) is 13.8 Å². The number of non-ortho nitro benzene ring substituents is 1. The molecule has 120 valence electrons. The van der Waals surface area contributed by atoms with Crippen LogP contribution in [0.4, 0.5) is 11.4 Å². The van der Waals surface area contributed by atoms with Gasteiger partial charge in [-0.25, -0.2) is 0 Å². The summed E-state index contributed by atoms with van der Waals surface area (Å²) in [7, 11) is 0. The fraction of sp³-hybridized carbons (Fsp3) is 0.500. The minimum atomic E-state index is -0.479. The first-order valence-corrected chi connectivity index (χ1v) is 7.76. The monoisotopic (exact) mass is 371 g/mol. The predicted octanol–water partition coefficient (Wildman–Crippen LogP) is 2.41. The summed E-state index contributed by atoms with van der Waals surface area (Å²) in [5.74, 6) is -0.157. The van der Waals surface area contributed by atoms with Gasteiger partial charge in [-0.2, -0.15) is 0 Å². The van der Waals surface area contributed by atoms with E-state index >= 15 is 0 Å². The maximum Gasteiger partial charge on any atom is 0.270 e. The van der Waals surface area contributed by atoms with Crippen molar-refractivity contribution in [3.05, 3.63) is 32.8 Å². The molecule has 0 spiro atoms. The van der Waals surface area contributed by atoms with Crippen molar-refractivity contribution < 1.29 is 14.5 Å². The molecular weight excluding hydrogens is 354 g/mol. The molecule has 8 heteroatoms. The number of nitro groups is 1. The maximum absolute atomic E-state index is 12.1. The van der Waals surface area contributed by atoms with Crippen molar-refractivity contribution in [2.45, 2.75) is 26.1 Å². The number of ether oxygens (including phenoxy) is 1. The number of benzene rings is 1. The summed E-state index contributed by atoms with van der Waals surface area (Å²) in [6.07, 6.45) is 0.199. The van der Waals surface area contributed by atoms with Gasteiger partial charge in [0.15, 0.2) is 0 Å². The molecule has 0 radical (unpaired) electrons. The van der Waals surface area contributed by atoms with E-state index in [9.17, 15) is 14.9 Å². The van der Waals surface area contributed by atoms with Gasteiger partial charge in [0.25, 0.3) is 5.69 Å². The van der Waals surface area contributed by atoms with Gasteiger partial charge in [-0.3, -0.25) is 19.8 Å². The molecule has 2 rings (SSSR count). The highest BCUT2D eigenvalue weighted by atomic mass is 79.9. The molecule has 1 aromatic rings. The number of amides is 1. The number of halogens is 1. The summed E-state index contributed by atoms with van der Waals surface area (Å²) in [4.78, 5) is 24.4. The Bertz CT molecular complexity index is 571. The van der Waals surface area contributed by atoms with E-state index in [-0.39, 0.29) is 30.3 Å². The number of nitro benzene ring substituents is 1. The van der Waals surface area contributed by atoms with E-state index in [2.05, 4.69) is 21.2 Å². The molecule has 2 atom stereocenters. The number of nitrogens with zero attached hydrogens (tertiary/aromatic N) is 2. The van der Waals surface area contributed by atoms with Gasteiger partial charge in [-0.05, 0) is 35.8 Å². The first-order valence-electron chi connectivity index (χ1n) is 6.96. The Morgan fingerprint density at radius 3 is 2.64 bits per heavy atom. The number of carbonyl (C=O) groups excluding carboxylic acids is 1. The van der Waals surface area contributed by atoms with Crippen molar-refractivity contribution in [3.63, 3.8) is 0 Å². The Hall–Kier alpha value is -1.51. The van der Waals surface area contributed by atoms with Gasteiger partial charge in [0, 0.05) is 29.7 Å². The van der Waals surface area contributed by atoms with E-state index in [0.29, 0.717) is 23.2 Å². The Morgan fingerprint density at radius 1 is 1.45 bits per heavy atom. The number of hydrogen-bond acceptors (Lipinski definition) is 5.